The number of anilines is 1. The molecule has 130 valence electrons. The summed E-state index contributed by atoms with van der Waals surface area (Å²) in [6.07, 6.45) is 1.09. The van der Waals surface area contributed by atoms with Crippen LogP contribution in [0.4, 0.5) is 10.1 Å². The van der Waals surface area contributed by atoms with E-state index in [0.29, 0.717) is 11.4 Å². The molecule has 0 radical (unpaired) electrons. The van der Waals surface area contributed by atoms with Gasteiger partial charge in [0.2, 0.25) is 10.0 Å². The fraction of sp³-hybridized carbons (Fsp3) is 0.118. The second-order valence-corrected chi connectivity index (χ2v) is 7.95. The third-order valence-electron chi connectivity index (χ3n) is 3.17. The molecule has 1 heterocycles. The van der Waals surface area contributed by atoms with Gasteiger partial charge in [-0.2, -0.15) is 0 Å². The Bertz CT molecular complexity index is 970. The van der Waals surface area contributed by atoms with Gasteiger partial charge in [0.15, 0.2) is 0 Å². The van der Waals surface area contributed by atoms with Gasteiger partial charge < -0.3 is 4.74 Å². The summed E-state index contributed by atoms with van der Waals surface area (Å²) in [5.41, 5.74) is 2.02. The molecule has 0 amide bonds. The molecule has 0 bridgehead atoms. The van der Waals surface area contributed by atoms with E-state index in [-0.39, 0.29) is 12.4 Å². The quantitative estimate of drug-likeness (QED) is 0.706. The van der Waals surface area contributed by atoms with Gasteiger partial charge in [-0.05, 0) is 36.4 Å². The van der Waals surface area contributed by atoms with Crippen molar-refractivity contribution in [3.05, 3.63) is 65.4 Å². The minimum atomic E-state index is -3.33. The van der Waals surface area contributed by atoms with Gasteiger partial charge in [-0.25, -0.2) is 17.8 Å². The molecule has 2 aromatic carbocycles. The molecular formula is C17H15FN2O3S2. The summed E-state index contributed by atoms with van der Waals surface area (Å²) in [5.74, 6) is 0.247. The van der Waals surface area contributed by atoms with E-state index in [1.54, 1.807) is 36.4 Å². The molecule has 0 spiro atoms. The highest BCUT2D eigenvalue weighted by Crippen LogP contribution is 2.25. The van der Waals surface area contributed by atoms with E-state index >= 15 is 0 Å². The van der Waals surface area contributed by atoms with Crippen LogP contribution in [0.25, 0.3) is 10.6 Å². The van der Waals surface area contributed by atoms with Crippen LogP contribution in [0.1, 0.15) is 5.69 Å². The molecule has 0 aliphatic rings. The van der Waals surface area contributed by atoms with Crippen LogP contribution in [0.2, 0.25) is 0 Å². The van der Waals surface area contributed by atoms with Crippen molar-refractivity contribution >= 4 is 27.0 Å². The van der Waals surface area contributed by atoms with Crippen LogP contribution in [0, 0.1) is 5.82 Å². The van der Waals surface area contributed by atoms with E-state index in [1.807, 2.05) is 5.38 Å². The molecule has 0 unspecified atom stereocenters. The molecule has 0 aliphatic heterocycles. The lowest BCUT2D eigenvalue weighted by Crippen LogP contribution is -2.09. The zero-order valence-corrected chi connectivity index (χ0v) is 14.9. The molecule has 3 rings (SSSR count). The van der Waals surface area contributed by atoms with Gasteiger partial charge in [-0.3, -0.25) is 4.72 Å². The number of hydrogen-bond acceptors (Lipinski definition) is 5. The van der Waals surface area contributed by atoms with E-state index in [4.69, 9.17) is 4.74 Å². The standard InChI is InChI=1S/C17H15FN2O3S2/c1-25(21,22)20-14-3-2-4-16(9-14)23-10-15-11-24-17(19-15)12-5-7-13(18)8-6-12/h2-9,11,20H,10H2,1H3. The normalized spacial score (nSPS) is 11.3. The van der Waals surface area contributed by atoms with Crippen LogP contribution >= 0.6 is 11.3 Å². The number of ether oxygens (including phenoxy) is 1. The van der Waals surface area contributed by atoms with E-state index in [1.165, 1.54) is 23.5 Å². The predicted molar refractivity (Wildman–Crippen MR) is 96.7 cm³/mol. The number of sulfonamides is 1. The third kappa shape index (κ3) is 5.01. The van der Waals surface area contributed by atoms with Crippen LogP contribution in [0.3, 0.4) is 0 Å². The number of thiazole rings is 1. The van der Waals surface area contributed by atoms with E-state index < -0.39 is 10.0 Å². The van der Waals surface area contributed by atoms with Gasteiger partial charge in [0.25, 0.3) is 0 Å². The van der Waals surface area contributed by atoms with Crippen molar-refractivity contribution in [2.45, 2.75) is 6.61 Å². The summed E-state index contributed by atoms with van der Waals surface area (Å²) in [4.78, 5) is 4.47. The molecule has 3 aromatic rings. The highest BCUT2D eigenvalue weighted by atomic mass is 32.2. The van der Waals surface area contributed by atoms with Crippen LogP contribution in [-0.2, 0) is 16.6 Å². The molecule has 1 aromatic heterocycles. The average Bonchev–Trinajstić information content (AvgIpc) is 3.01. The lowest BCUT2D eigenvalue weighted by atomic mass is 10.2. The second-order valence-electron chi connectivity index (χ2n) is 5.34. The average molecular weight is 378 g/mol. The van der Waals surface area contributed by atoms with Crippen LogP contribution in [0.5, 0.6) is 5.75 Å². The van der Waals surface area contributed by atoms with Gasteiger partial charge in [-0.15, -0.1) is 11.3 Å². The second kappa shape index (κ2) is 7.20. The SMILES string of the molecule is CS(=O)(=O)Nc1cccc(OCc2csc(-c3ccc(F)cc3)n2)c1. The Morgan fingerprint density at radius 1 is 1.20 bits per heavy atom. The molecule has 0 saturated carbocycles. The number of nitrogens with zero attached hydrogens (tertiary/aromatic N) is 1. The maximum absolute atomic E-state index is 13.0. The Hall–Kier alpha value is -2.45. The number of nitrogens with one attached hydrogen (secondary N) is 1. The van der Waals surface area contributed by atoms with Crippen molar-refractivity contribution in [3.8, 4) is 16.3 Å². The zero-order chi connectivity index (χ0) is 17.9. The molecule has 25 heavy (non-hydrogen) atoms. The zero-order valence-electron chi connectivity index (χ0n) is 13.3. The van der Waals surface area contributed by atoms with Gasteiger partial charge in [-0.1, -0.05) is 6.07 Å². The number of aromatic nitrogens is 1. The van der Waals surface area contributed by atoms with Gasteiger partial charge in [0, 0.05) is 17.0 Å². The Labute approximate surface area is 149 Å². The first kappa shape index (κ1) is 17.4. The summed E-state index contributed by atoms with van der Waals surface area (Å²) in [7, 11) is -3.33. The highest BCUT2D eigenvalue weighted by molar-refractivity contribution is 7.92. The number of rotatable bonds is 6. The highest BCUT2D eigenvalue weighted by Gasteiger charge is 2.07. The fourth-order valence-electron chi connectivity index (χ4n) is 2.12. The summed E-state index contributed by atoms with van der Waals surface area (Å²) in [6.45, 7) is 0.250. The summed E-state index contributed by atoms with van der Waals surface area (Å²) in [6, 6.07) is 12.8. The largest absolute Gasteiger partial charge is 0.487 e. The van der Waals surface area contributed by atoms with Crippen molar-refractivity contribution in [1.29, 1.82) is 0 Å². The number of hydrogen-bond donors (Lipinski definition) is 1. The lowest BCUT2D eigenvalue weighted by Gasteiger charge is -2.07. The molecular weight excluding hydrogens is 363 g/mol. The molecule has 1 N–H and O–H groups in total. The summed E-state index contributed by atoms with van der Waals surface area (Å²) < 4.78 is 43.6. The maximum Gasteiger partial charge on any atom is 0.229 e. The first-order valence-electron chi connectivity index (χ1n) is 7.30. The molecule has 0 aliphatic carbocycles. The Kier molecular flexibility index (Phi) is 5.00. The molecule has 0 atom stereocenters. The first-order chi connectivity index (χ1) is 11.9. The monoisotopic (exact) mass is 378 g/mol. The Morgan fingerprint density at radius 2 is 1.96 bits per heavy atom. The Morgan fingerprint density at radius 3 is 2.68 bits per heavy atom. The van der Waals surface area contributed by atoms with Crippen LogP contribution in [0.15, 0.2) is 53.9 Å². The number of benzene rings is 2. The van der Waals surface area contributed by atoms with E-state index in [9.17, 15) is 12.8 Å². The van der Waals surface area contributed by atoms with Crippen molar-refractivity contribution in [2.24, 2.45) is 0 Å². The van der Waals surface area contributed by atoms with Crippen molar-refractivity contribution in [3.63, 3.8) is 0 Å². The Balaban J connectivity index is 1.66. The maximum atomic E-state index is 13.0. The topological polar surface area (TPSA) is 68.3 Å². The minimum absolute atomic E-state index is 0.250. The number of halogens is 1. The van der Waals surface area contributed by atoms with E-state index in [2.05, 4.69) is 9.71 Å². The summed E-state index contributed by atoms with van der Waals surface area (Å²) >= 11 is 1.45. The van der Waals surface area contributed by atoms with Crippen LogP contribution < -0.4 is 9.46 Å². The molecule has 0 fully saturated rings. The lowest BCUT2D eigenvalue weighted by molar-refractivity contribution is 0.302. The van der Waals surface area contributed by atoms with Crippen molar-refractivity contribution < 1.29 is 17.5 Å². The predicted octanol–water partition coefficient (Wildman–Crippen LogP) is 3.90. The molecule has 5 nitrogen and oxygen atoms in total. The molecule has 0 saturated heterocycles. The van der Waals surface area contributed by atoms with Crippen molar-refractivity contribution in [2.75, 3.05) is 11.0 Å². The van der Waals surface area contributed by atoms with Gasteiger partial charge >= 0.3 is 0 Å². The van der Waals surface area contributed by atoms with Gasteiger partial charge in [0.05, 0.1) is 17.6 Å². The van der Waals surface area contributed by atoms with E-state index in [0.717, 1.165) is 22.5 Å². The summed E-state index contributed by atoms with van der Waals surface area (Å²) in [5, 5.41) is 2.66. The van der Waals surface area contributed by atoms with Gasteiger partial charge in [0.1, 0.15) is 23.2 Å². The smallest absolute Gasteiger partial charge is 0.229 e. The minimum Gasteiger partial charge on any atom is -0.487 e. The fourth-order valence-corrected chi connectivity index (χ4v) is 3.48. The van der Waals surface area contributed by atoms with Crippen molar-refractivity contribution in [1.82, 2.24) is 4.98 Å². The van der Waals surface area contributed by atoms with Crippen LogP contribution in [-0.4, -0.2) is 19.7 Å². The third-order valence-corrected chi connectivity index (χ3v) is 4.71. The first-order valence-corrected chi connectivity index (χ1v) is 10.1. The molecule has 8 heteroatoms.